The highest BCUT2D eigenvalue weighted by atomic mass is 16.4. The van der Waals surface area contributed by atoms with E-state index in [9.17, 15) is 4.79 Å². The second-order valence-corrected chi connectivity index (χ2v) is 6.46. The largest absolute Gasteiger partial charge is 0.481 e. The fourth-order valence-electron chi connectivity index (χ4n) is 3.13. The average molecular weight is 328 g/mol. The number of carbonyl (C=O) groups is 1. The van der Waals surface area contributed by atoms with Crippen molar-refractivity contribution in [1.29, 1.82) is 0 Å². The van der Waals surface area contributed by atoms with Gasteiger partial charge in [-0.15, -0.1) is 0 Å². The van der Waals surface area contributed by atoms with Crippen molar-refractivity contribution < 1.29 is 14.3 Å². The molecule has 1 aliphatic heterocycles. The Kier molecular flexibility index (Phi) is 5.00. The molecule has 1 fully saturated rings. The number of oxazole rings is 1. The second kappa shape index (κ2) is 7.18. The third kappa shape index (κ3) is 3.67. The zero-order chi connectivity index (χ0) is 17.1. The normalized spacial score (nSPS) is 16.4. The Morgan fingerprint density at radius 1 is 1.29 bits per heavy atom. The molecule has 0 radical (unpaired) electrons. The lowest BCUT2D eigenvalue weighted by Gasteiger charge is -2.29. The molecule has 1 saturated heterocycles. The third-order valence-corrected chi connectivity index (χ3v) is 4.81. The quantitative estimate of drug-likeness (QED) is 0.910. The zero-order valence-electron chi connectivity index (χ0n) is 14.3. The lowest BCUT2D eigenvalue weighted by molar-refractivity contribution is -0.143. The van der Waals surface area contributed by atoms with Crippen LogP contribution in [-0.2, 0) is 17.8 Å². The summed E-state index contributed by atoms with van der Waals surface area (Å²) in [4.78, 5) is 18.0. The van der Waals surface area contributed by atoms with E-state index in [0.717, 1.165) is 36.5 Å². The summed E-state index contributed by atoms with van der Waals surface area (Å²) in [5, 5.41) is 9.08. The number of likely N-dealkylation sites (tertiary alicyclic amines) is 1. The van der Waals surface area contributed by atoms with Gasteiger partial charge in [0.1, 0.15) is 5.76 Å². The molecule has 128 valence electrons. The Labute approximate surface area is 142 Å². The van der Waals surface area contributed by atoms with E-state index in [4.69, 9.17) is 9.52 Å². The second-order valence-electron chi connectivity index (χ2n) is 6.46. The molecule has 0 spiro atoms. The van der Waals surface area contributed by atoms with Crippen LogP contribution in [-0.4, -0.2) is 34.0 Å². The smallest absolute Gasteiger partial charge is 0.306 e. The van der Waals surface area contributed by atoms with E-state index in [1.54, 1.807) is 0 Å². The van der Waals surface area contributed by atoms with Gasteiger partial charge in [-0.1, -0.05) is 19.1 Å². The van der Waals surface area contributed by atoms with Crippen LogP contribution in [0, 0.1) is 12.8 Å². The predicted molar refractivity (Wildman–Crippen MR) is 91.7 cm³/mol. The average Bonchev–Trinajstić information content (AvgIpc) is 2.96. The number of nitrogens with zero attached hydrogens (tertiary/aromatic N) is 2. The minimum atomic E-state index is -0.676. The van der Waals surface area contributed by atoms with Crippen molar-refractivity contribution >= 4 is 5.97 Å². The van der Waals surface area contributed by atoms with Crippen LogP contribution in [0.4, 0.5) is 0 Å². The van der Waals surface area contributed by atoms with Gasteiger partial charge in [-0.2, -0.15) is 0 Å². The summed E-state index contributed by atoms with van der Waals surface area (Å²) in [6.45, 7) is 6.38. The van der Waals surface area contributed by atoms with Crippen LogP contribution in [0.25, 0.3) is 11.5 Å². The molecule has 3 rings (SSSR count). The number of aromatic nitrogens is 1. The Morgan fingerprint density at radius 3 is 2.54 bits per heavy atom. The van der Waals surface area contributed by atoms with Crippen molar-refractivity contribution in [2.24, 2.45) is 5.92 Å². The number of rotatable bonds is 5. The minimum Gasteiger partial charge on any atom is -0.481 e. The van der Waals surface area contributed by atoms with Gasteiger partial charge >= 0.3 is 5.97 Å². The van der Waals surface area contributed by atoms with Crippen LogP contribution in [0.3, 0.4) is 0 Å². The van der Waals surface area contributed by atoms with Gasteiger partial charge in [-0.3, -0.25) is 9.69 Å². The van der Waals surface area contributed by atoms with Gasteiger partial charge in [-0.25, -0.2) is 4.98 Å². The maximum absolute atomic E-state index is 11.0. The molecule has 2 heterocycles. The first kappa shape index (κ1) is 16.7. The number of hydrogen-bond donors (Lipinski definition) is 1. The van der Waals surface area contributed by atoms with Crippen molar-refractivity contribution in [2.75, 3.05) is 13.1 Å². The summed E-state index contributed by atoms with van der Waals surface area (Å²) >= 11 is 0. The van der Waals surface area contributed by atoms with Crippen molar-refractivity contribution in [2.45, 2.75) is 39.7 Å². The highest BCUT2D eigenvalue weighted by Gasteiger charge is 2.25. The van der Waals surface area contributed by atoms with Gasteiger partial charge in [0.25, 0.3) is 0 Å². The number of piperidine rings is 1. The van der Waals surface area contributed by atoms with E-state index in [2.05, 4.69) is 28.9 Å². The SMILES string of the molecule is CCc1ccc(-c2nc(CN3CCC(C(=O)O)CC3)c(C)o2)cc1. The van der Waals surface area contributed by atoms with Gasteiger partial charge in [-0.05, 0) is 57.0 Å². The van der Waals surface area contributed by atoms with Crippen LogP contribution < -0.4 is 0 Å². The van der Waals surface area contributed by atoms with E-state index in [1.807, 2.05) is 19.1 Å². The molecule has 1 N–H and O–H groups in total. The predicted octanol–water partition coefficient (Wildman–Crippen LogP) is 3.51. The number of aryl methyl sites for hydroxylation is 2. The summed E-state index contributed by atoms with van der Waals surface area (Å²) in [6, 6.07) is 8.30. The fourth-order valence-corrected chi connectivity index (χ4v) is 3.13. The Morgan fingerprint density at radius 2 is 1.96 bits per heavy atom. The lowest BCUT2D eigenvalue weighted by Crippen LogP contribution is -2.36. The maximum Gasteiger partial charge on any atom is 0.306 e. The summed E-state index contributed by atoms with van der Waals surface area (Å²) in [5.74, 6) is 0.618. The summed E-state index contributed by atoms with van der Waals surface area (Å²) in [7, 11) is 0. The van der Waals surface area contributed by atoms with Gasteiger partial charge in [0.2, 0.25) is 5.89 Å². The third-order valence-electron chi connectivity index (χ3n) is 4.81. The Bertz CT molecular complexity index is 698. The Balaban J connectivity index is 1.67. The molecule has 24 heavy (non-hydrogen) atoms. The van der Waals surface area contributed by atoms with Crippen molar-refractivity contribution in [1.82, 2.24) is 9.88 Å². The van der Waals surface area contributed by atoms with E-state index >= 15 is 0 Å². The first-order valence-electron chi connectivity index (χ1n) is 8.57. The summed E-state index contributed by atoms with van der Waals surface area (Å²) < 4.78 is 5.84. The van der Waals surface area contributed by atoms with Crippen LogP contribution in [0.15, 0.2) is 28.7 Å². The first-order chi connectivity index (χ1) is 11.6. The number of carboxylic acids is 1. The molecule has 5 heteroatoms. The van der Waals surface area contributed by atoms with Crippen LogP contribution in [0.5, 0.6) is 0 Å². The maximum atomic E-state index is 11.0. The molecular weight excluding hydrogens is 304 g/mol. The summed E-state index contributed by atoms with van der Waals surface area (Å²) in [6.07, 6.45) is 2.43. The molecule has 0 aliphatic carbocycles. The fraction of sp³-hybridized carbons (Fsp3) is 0.474. The zero-order valence-corrected chi connectivity index (χ0v) is 14.3. The molecule has 1 aliphatic rings. The van der Waals surface area contributed by atoms with Crippen LogP contribution in [0.2, 0.25) is 0 Å². The van der Waals surface area contributed by atoms with Gasteiger partial charge in [0, 0.05) is 12.1 Å². The highest BCUT2D eigenvalue weighted by molar-refractivity contribution is 5.70. The Hall–Kier alpha value is -2.14. The van der Waals surface area contributed by atoms with Gasteiger partial charge < -0.3 is 9.52 Å². The molecule has 0 saturated carbocycles. The van der Waals surface area contributed by atoms with Gasteiger partial charge in [0.15, 0.2) is 0 Å². The monoisotopic (exact) mass is 328 g/mol. The molecule has 1 aromatic heterocycles. The molecular formula is C19H24N2O3. The molecule has 2 aromatic rings. The molecule has 0 unspecified atom stereocenters. The number of aliphatic carboxylic acids is 1. The van der Waals surface area contributed by atoms with Crippen molar-refractivity contribution in [3.05, 3.63) is 41.3 Å². The minimum absolute atomic E-state index is 0.202. The first-order valence-corrected chi connectivity index (χ1v) is 8.57. The molecule has 0 amide bonds. The molecule has 1 aromatic carbocycles. The van der Waals surface area contributed by atoms with E-state index in [-0.39, 0.29) is 5.92 Å². The summed E-state index contributed by atoms with van der Waals surface area (Å²) in [5.41, 5.74) is 3.23. The van der Waals surface area contributed by atoms with Crippen LogP contribution >= 0.6 is 0 Å². The standard InChI is InChI=1S/C19H24N2O3/c1-3-14-4-6-15(7-5-14)18-20-17(13(2)24-18)12-21-10-8-16(9-11-21)19(22)23/h4-7,16H,3,8-12H2,1-2H3,(H,22,23). The number of carboxylic acid groups (broad SMARTS) is 1. The van der Waals surface area contributed by atoms with Crippen molar-refractivity contribution in [3.8, 4) is 11.5 Å². The topological polar surface area (TPSA) is 66.6 Å². The van der Waals surface area contributed by atoms with Crippen LogP contribution in [0.1, 0.15) is 36.8 Å². The van der Waals surface area contributed by atoms with Gasteiger partial charge in [0.05, 0.1) is 11.6 Å². The number of hydrogen-bond acceptors (Lipinski definition) is 4. The molecule has 5 nitrogen and oxygen atoms in total. The lowest BCUT2D eigenvalue weighted by atomic mass is 9.97. The molecule has 0 bridgehead atoms. The van der Waals surface area contributed by atoms with E-state index < -0.39 is 5.97 Å². The highest BCUT2D eigenvalue weighted by Crippen LogP contribution is 2.25. The van der Waals surface area contributed by atoms with E-state index in [1.165, 1.54) is 5.56 Å². The number of benzene rings is 1. The molecule has 0 atom stereocenters. The van der Waals surface area contributed by atoms with Crippen molar-refractivity contribution in [3.63, 3.8) is 0 Å². The van der Waals surface area contributed by atoms with E-state index in [0.29, 0.717) is 25.3 Å².